The summed E-state index contributed by atoms with van der Waals surface area (Å²) in [6.07, 6.45) is 4.81. The van der Waals surface area contributed by atoms with Crippen LogP contribution in [0, 0.1) is 11.8 Å². The number of carbonyl (C=O) groups is 1. The fourth-order valence-corrected chi connectivity index (χ4v) is 3.15. The quantitative estimate of drug-likeness (QED) is 0.695. The molecule has 0 aromatic heterocycles. The molecule has 2 fully saturated rings. The molecule has 1 amide bonds. The summed E-state index contributed by atoms with van der Waals surface area (Å²) in [5.41, 5.74) is -0.415. The van der Waals surface area contributed by atoms with E-state index in [1.165, 1.54) is 12.8 Å². The lowest BCUT2D eigenvalue weighted by Gasteiger charge is -2.33. The maximum absolute atomic E-state index is 11.8. The van der Waals surface area contributed by atoms with Gasteiger partial charge in [0.15, 0.2) is 0 Å². The van der Waals surface area contributed by atoms with Crippen molar-refractivity contribution in [3.05, 3.63) is 0 Å². The van der Waals surface area contributed by atoms with Crippen molar-refractivity contribution in [3.8, 4) is 0 Å². The zero-order valence-electron chi connectivity index (χ0n) is 20.0. The zero-order chi connectivity index (χ0) is 21.9. The van der Waals surface area contributed by atoms with Gasteiger partial charge in [0.25, 0.3) is 0 Å². The molecule has 0 spiro atoms. The minimum absolute atomic E-state index is 0.204. The molecule has 2 saturated heterocycles. The Kier molecular flexibility index (Phi) is 12.1. The molecule has 6 heteroatoms. The number of carbonyl (C=O) groups excluding carboxylic acids is 1. The van der Waals surface area contributed by atoms with Crippen molar-refractivity contribution in [3.63, 3.8) is 0 Å². The Bertz CT molecular complexity index is 435. The molecule has 2 aliphatic heterocycles. The molecule has 2 heterocycles. The molecule has 29 heavy (non-hydrogen) atoms. The van der Waals surface area contributed by atoms with Gasteiger partial charge in [0.2, 0.25) is 0 Å². The SMILES string of the molecule is CC(C)COC1CCN(C(=O)OC(C)(C)C)CC1.CC(C)COC1CCNCC1. The van der Waals surface area contributed by atoms with Crippen LogP contribution in [-0.2, 0) is 14.2 Å². The van der Waals surface area contributed by atoms with Crippen molar-refractivity contribution in [2.45, 2.75) is 92.0 Å². The molecule has 0 radical (unpaired) electrons. The van der Waals surface area contributed by atoms with Gasteiger partial charge in [-0.15, -0.1) is 0 Å². The number of hydrogen-bond donors (Lipinski definition) is 1. The van der Waals surface area contributed by atoms with Crippen LogP contribution in [0.15, 0.2) is 0 Å². The van der Waals surface area contributed by atoms with Crippen LogP contribution in [0.25, 0.3) is 0 Å². The number of piperidine rings is 2. The zero-order valence-corrected chi connectivity index (χ0v) is 20.0. The van der Waals surface area contributed by atoms with E-state index in [2.05, 4.69) is 33.0 Å². The fourth-order valence-electron chi connectivity index (χ4n) is 3.15. The lowest BCUT2D eigenvalue weighted by molar-refractivity contribution is -0.0179. The molecule has 0 aliphatic carbocycles. The highest BCUT2D eigenvalue weighted by Gasteiger charge is 2.27. The third kappa shape index (κ3) is 13.1. The molecule has 0 bridgehead atoms. The van der Waals surface area contributed by atoms with Crippen molar-refractivity contribution in [2.24, 2.45) is 11.8 Å². The molecular formula is C23H46N2O4. The summed E-state index contributed by atoms with van der Waals surface area (Å²) < 4.78 is 16.9. The highest BCUT2D eigenvalue weighted by atomic mass is 16.6. The number of ether oxygens (including phenoxy) is 3. The van der Waals surface area contributed by atoms with Crippen LogP contribution >= 0.6 is 0 Å². The van der Waals surface area contributed by atoms with E-state index in [1.54, 1.807) is 4.90 Å². The molecular weight excluding hydrogens is 368 g/mol. The first-order chi connectivity index (χ1) is 13.6. The Hall–Kier alpha value is -0.850. The molecule has 0 aromatic rings. The summed E-state index contributed by atoms with van der Waals surface area (Å²) in [4.78, 5) is 13.6. The smallest absolute Gasteiger partial charge is 0.410 e. The summed E-state index contributed by atoms with van der Waals surface area (Å²) >= 11 is 0. The average Bonchev–Trinajstić information content (AvgIpc) is 2.65. The molecule has 172 valence electrons. The van der Waals surface area contributed by atoms with Gasteiger partial charge in [-0.1, -0.05) is 27.7 Å². The van der Waals surface area contributed by atoms with Crippen LogP contribution in [0.4, 0.5) is 4.79 Å². The van der Waals surface area contributed by atoms with Gasteiger partial charge in [-0.05, 0) is 71.4 Å². The molecule has 2 aliphatic rings. The van der Waals surface area contributed by atoms with Crippen molar-refractivity contribution in [2.75, 3.05) is 39.4 Å². The van der Waals surface area contributed by atoms with E-state index >= 15 is 0 Å². The summed E-state index contributed by atoms with van der Waals surface area (Å²) in [5.74, 6) is 1.23. The van der Waals surface area contributed by atoms with Crippen molar-refractivity contribution < 1.29 is 19.0 Å². The van der Waals surface area contributed by atoms with Crippen LogP contribution < -0.4 is 5.32 Å². The lowest BCUT2D eigenvalue weighted by Crippen LogP contribution is -2.43. The van der Waals surface area contributed by atoms with Crippen molar-refractivity contribution >= 4 is 6.09 Å². The number of nitrogens with one attached hydrogen (secondary N) is 1. The first-order valence-corrected chi connectivity index (χ1v) is 11.5. The first kappa shape index (κ1) is 26.2. The predicted molar refractivity (Wildman–Crippen MR) is 118 cm³/mol. The van der Waals surface area contributed by atoms with Gasteiger partial charge in [0.05, 0.1) is 12.2 Å². The Balaban J connectivity index is 0.000000326. The standard InChI is InChI=1S/C14H27NO3.C9H19NO/c1-11(2)10-17-12-6-8-15(9-7-12)13(16)18-14(3,4)5;1-8(2)7-11-9-3-5-10-6-4-9/h11-12H,6-10H2,1-5H3;8-10H,3-7H2,1-2H3. The van der Waals surface area contributed by atoms with E-state index in [-0.39, 0.29) is 6.09 Å². The highest BCUT2D eigenvalue weighted by molar-refractivity contribution is 5.68. The van der Waals surface area contributed by atoms with Crippen LogP contribution in [0.3, 0.4) is 0 Å². The number of hydrogen-bond acceptors (Lipinski definition) is 5. The van der Waals surface area contributed by atoms with Crippen LogP contribution in [-0.4, -0.2) is 68.2 Å². The van der Waals surface area contributed by atoms with Gasteiger partial charge in [-0.3, -0.25) is 0 Å². The summed E-state index contributed by atoms with van der Waals surface area (Å²) in [6, 6.07) is 0. The van der Waals surface area contributed by atoms with E-state index in [1.807, 2.05) is 20.8 Å². The third-order valence-electron chi connectivity index (χ3n) is 4.71. The molecule has 0 unspecified atom stereocenters. The molecule has 0 atom stereocenters. The van der Waals surface area contributed by atoms with Gasteiger partial charge < -0.3 is 24.4 Å². The number of rotatable bonds is 6. The van der Waals surface area contributed by atoms with Crippen LogP contribution in [0.5, 0.6) is 0 Å². The monoisotopic (exact) mass is 414 g/mol. The summed E-state index contributed by atoms with van der Waals surface area (Å²) in [7, 11) is 0. The topological polar surface area (TPSA) is 60.0 Å². The maximum Gasteiger partial charge on any atom is 0.410 e. The van der Waals surface area contributed by atoms with E-state index in [4.69, 9.17) is 14.2 Å². The second kappa shape index (κ2) is 13.5. The first-order valence-electron chi connectivity index (χ1n) is 11.5. The Morgan fingerprint density at radius 1 is 0.897 bits per heavy atom. The van der Waals surface area contributed by atoms with Crippen molar-refractivity contribution in [1.82, 2.24) is 10.2 Å². The maximum atomic E-state index is 11.8. The minimum atomic E-state index is -0.415. The minimum Gasteiger partial charge on any atom is -0.444 e. The van der Waals surface area contributed by atoms with E-state index in [9.17, 15) is 4.79 Å². The average molecular weight is 415 g/mol. The number of amides is 1. The predicted octanol–water partition coefficient (Wildman–Crippen LogP) is 4.47. The molecule has 6 nitrogen and oxygen atoms in total. The van der Waals surface area contributed by atoms with Gasteiger partial charge in [-0.25, -0.2) is 4.79 Å². The highest BCUT2D eigenvalue weighted by Crippen LogP contribution is 2.17. The lowest BCUT2D eigenvalue weighted by atomic mass is 10.1. The second-order valence-electron chi connectivity index (χ2n) is 10.1. The van der Waals surface area contributed by atoms with Gasteiger partial charge in [-0.2, -0.15) is 0 Å². The Morgan fingerprint density at radius 3 is 1.76 bits per heavy atom. The van der Waals surface area contributed by atoms with Gasteiger partial charge >= 0.3 is 6.09 Å². The van der Waals surface area contributed by atoms with E-state index in [0.29, 0.717) is 24.0 Å². The normalized spacial score (nSPS) is 19.3. The van der Waals surface area contributed by atoms with Crippen molar-refractivity contribution in [1.29, 1.82) is 0 Å². The van der Waals surface area contributed by atoms with E-state index < -0.39 is 5.60 Å². The van der Waals surface area contributed by atoms with Crippen LogP contribution in [0.1, 0.15) is 74.1 Å². The summed E-state index contributed by atoms with van der Waals surface area (Å²) in [5, 5.41) is 3.32. The fraction of sp³-hybridized carbons (Fsp3) is 0.957. The third-order valence-corrected chi connectivity index (χ3v) is 4.71. The van der Waals surface area contributed by atoms with Gasteiger partial charge in [0, 0.05) is 26.3 Å². The van der Waals surface area contributed by atoms with Gasteiger partial charge in [0.1, 0.15) is 5.60 Å². The second-order valence-corrected chi connectivity index (χ2v) is 10.1. The molecule has 2 rings (SSSR count). The number of likely N-dealkylation sites (tertiary alicyclic amines) is 1. The Morgan fingerprint density at radius 2 is 1.34 bits per heavy atom. The molecule has 0 saturated carbocycles. The number of nitrogens with zero attached hydrogens (tertiary/aromatic N) is 1. The van der Waals surface area contributed by atoms with Crippen LogP contribution in [0.2, 0.25) is 0 Å². The van der Waals surface area contributed by atoms with E-state index in [0.717, 1.165) is 52.2 Å². The molecule has 1 N–H and O–H groups in total. The largest absolute Gasteiger partial charge is 0.444 e. The summed E-state index contributed by atoms with van der Waals surface area (Å²) in [6.45, 7) is 19.8. The molecule has 0 aromatic carbocycles. The Labute approximate surface area is 179 Å².